The van der Waals surface area contributed by atoms with E-state index in [1.807, 2.05) is 0 Å². The molecule has 1 aromatic carbocycles. The van der Waals surface area contributed by atoms with E-state index in [9.17, 15) is 0 Å². The van der Waals surface area contributed by atoms with Crippen molar-refractivity contribution in [2.75, 3.05) is 0 Å². The van der Waals surface area contributed by atoms with Gasteiger partial charge in [-0.05, 0) is 11.1 Å². The lowest BCUT2D eigenvalue weighted by Gasteiger charge is -2.05. The van der Waals surface area contributed by atoms with Crippen LogP contribution < -0.4 is 5.32 Å². The first-order chi connectivity index (χ1) is 5.45. The summed E-state index contributed by atoms with van der Waals surface area (Å²) in [5.41, 5.74) is 2.92. The average Bonchev–Trinajstić information content (AvgIpc) is 2.64. The highest BCUT2D eigenvalue weighted by molar-refractivity contribution is 5.45. The van der Waals surface area contributed by atoms with Crippen molar-refractivity contribution in [1.82, 2.24) is 5.32 Å². The highest BCUT2D eigenvalue weighted by Crippen LogP contribution is 2.39. The second-order valence-corrected chi connectivity index (χ2v) is 3.14. The monoisotopic (exact) mass is 143 g/mol. The SMILES string of the molecule is C1=CC2NC1c1ccccc12. The van der Waals surface area contributed by atoms with Crippen molar-refractivity contribution in [2.45, 2.75) is 12.1 Å². The summed E-state index contributed by atoms with van der Waals surface area (Å²) in [5.74, 6) is 0. The van der Waals surface area contributed by atoms with Gasteiger partial charge in [-0.15, -0.1) is 0 Å². The molecule has 54 valence electrons. The van der Waals surface area contributed by atoms with Gasteiger partial charge in [0.25, 0.3) is 0 Å². The predicted molar refractivity (Wildman–Crippen MR) is 44.2 cm³/mol. The molecule has 1 heteroatoms. The molecule has 0 spiro atoms. The average molecular weight is 143 g/mol. The highest BCUT2D eigenvalue weighted by atomic mass is 15.0. The zero-order valence-corrected chi connectivity index (χ0v) is 6.12. The minimum Gasteiger partial charge on any atom is -0.296 e. The fraction of sp³-hybridized carbons (Fsp3) is 0.200. The van der Waals surface area contributed by atoms with Crippen LogP contribution in [0.5, 0.6) is 0 Å². The van der Waals surface area contributed by atoms with Gasteiger partial charge in [0.05, 0.1) is 12.1 Å². The Labute approximate surface area is 65.7 Å². The van der Waals surface area contributed by atoms with Crippen LogP contribution in [0.25, 0.3) is 0 Å². The summed E-state index contributed by atoms with van der Waals surface area (Å²) in [6.45, 7) is 0. The van der Waals surface area contributed by atoms with E-state index in [1.165, 1.54) is 11.1 Å². The Morgan fingerprint density at radius 2 is 1.45 bits per heavy atom. The van der Waals surface area contributed by atoms with Crippen LogP contribution in [0.15, 0.2) is 36.4 Å². The normalized spacial score (nSPS) is 30.9. The second-order valence-electron chi connectivity index (χ2n) is 3.14. The molecule has 0 saturated heterocycles. The zero-order valence-electron chi connectivity index (χ0n) is 6.12. The molecule has 0 radical (unpaired) electrons. The number of rotatable bonds is 0. The number of fused-ring (bicyclic) bond motifs is 5. The maximum Gasteiger partial charge on any atom is 0.0517 e. The van der Waals surface area contributed by atoms with E-state index in [2.05, 4.69) is 41.7 Å². The van der Waals surface area contributed by atoms with Crippen LogP contribution in [-0.4, -0.2) is 0 Å². The van der Waals surface area contributed by atoms with Crippen molar-refractivity contribution >= 4 is 0 Å². The first-order valence-electron chi connectivity index (χ1n) is 3.98. The van der Waals surface area contributed by atoms with E-state index in [-0.39, 0.29) is 0 Å². The Morgan fingerprint density at radius 3 is 2.00 bits per heavy atom. The molecule has 0 fully saturated rings. The molecule has 1 nitrogen and oxygen atoms in total. The summed E-state index contributed by atoms with van der Waals surface area (Å²) in [4.78, 5) is 0. The quantitative estimate of drug-likeness (QED) is 0.547. The standard InChI is InChI=1S/C10H9N/c1-2-4-8-7(3-1)9-5-6-10(8)11-9/h1-6,9-11H. The molecule has 2 aliphatic rings. The van der Waals surface area contributed by atoms with E-state index < -0.39 is 0 Å². The molecule has 1 N–H and O–H groups in total. The van der Waals surface area contributed by atoms with Gasteiger partial charge in [-0.1, -0.05) is 36.4 Å². The van der Waals surface area contributed by atoms with Gasteiger partial charge in [-0.25, -0.2) is 0 Å². The topological polar surface area (TPSA) is 12.0 Å². The van der Waals surface area contributed by atoms with Crippen LogP contribution in [0.2, 0.25) is 0 Å². The highest BCUT2D eigenvalue weighted by Gasteiger charge is 2.30. The van der Waals surface area contributed by atoms with E-state index in [4.69, 9.17) is 0 Å². The molecule has 2 aliphatic heterocycles. The molecule has 3 rings (SSSR count). The largest absolute Gasteiger partial charge is 0.296 e. The van der Waals surface area contributed by atoms with Gasteiger partial charge in [-0.2, -0.15) is 0 Å². The second kappa shape index (κ2) is 1.74. The van der Waals surface area contributed by atoms with E-state index in [0.29, 0.717) is 12.1 Å². The Balaban J connectivity index is 2.28. The molecule has 0 aromatic heterocycles. The summed E-state index contributed by atoms with van der Waals surface area (Å²) in [6.07, 6.45) is 4.49. The third kappa shape index (κ3) is 0.589. The fourth-order valence-electron chi connectivity index (χ4n) is 1.99. The van der Waals surface area contributed by atoms with Crippen LogP contribution in [-0.2, 0) is 0 Å². The van der Waals surface area contributed by atoms with Crippen LogP contribution >= 0.6 is 0 Å². The van der Waals surface area contributed by atoms with Crippen molar-refractivity contribution in [3.8, 4) is 0 Å². The van der Waals surface area contributed by atoms with Crippen molar-refractivity contribution in [3.05, 3.63) is 47.5 Å². The molecule has 0 amide bonds. The minimum atomic E-state index is 0.496. The fourth-order valence-corrected chi connectivity index (χ4v) is 1.99. The van der Waals surface area contributed by atoms with Crippen molar-refractivity contribution in [1.29, 1.82) is 0 Å². The molecular weight excluding hydrogens is 134 g/mol. The molecule has 2 heterocycles. The van der Waals surface area contributed by atoms with Gasteiger partial charge in [0.15, 0.2) is 0 Å². The van der Waals surface area contributed by atoms with Gasteiger partial charge < -0.3 is 0 Å². The zero-order chi connectivity index (χ0) is 7.26. The summed E-state index contributed by atoms with van der Waals surface area (Å²) < 4.78 is 0. The van der Waals surface area contributed by atoms with E-state index in [0.717, 1.165) is 0 Å². The van der Waals surface area contributed by atoms with Crippen molar-refractivity contribution in [3.63, 3.8) is 0 Å². The first-order valence-corrected chi connectivity index (χ1v) is 3.98. The molecule has 2 bridgehead atoms. The minimum absolute atomic E-state index is 0.496. The summed E-state index contributed by atoms with van der Waals surface area (Å²) in [5, 5.41) is 3.48. The van der Waals surface area contributed by atoms with Gasteiger partial charge >= 0.3 is 0 Å². The third-order valence-corrected chi connectivity index (χ3v) is 2.52. The van der Waals surface area contributed by atoms with Gasteiger partial charge in [-0.3, -0.25) is 5.32 Å². The lowest BCUT2D eigenvalue weighted by molar-refractivity contribution is 0.673. The third-order valence-electron chi connectivity index (χ3n) is 2.52. The van der Waals surface area contributed by atoms with E-state index >= 15 is 0 Å². The summed E-state index contributed by atoms with van der Waals surface area (Å²) >= 11 is 0. The Morgan fingerprint density at radius 1 is 0.909 bits per heavy atom. The molecule has 11 heavy (non-hydrogen) atoms. The van der Waals surface area contributed by atoms with Crippen molar-refractivity contribution in [2.24, 2.45) is 0 Å². The van der Waals surface area contributed by atoms with Gasteiger partial charge in [0.2, 0.25) is 0 Å². The lowest BCUT2D eigenvalue weighted by atomic mass is 9.97. The maximum atomic E-state index is 3.48. The Hall–Kier alpha value is -1.08. The molecule has 2 atom stereocenters. The summed E-state index contributed by atoms with van der Waals surface area (Å²) in [6, 6.07) is 9.62. The van der Waals surface area contributed by atoms with Crippen molar-refractivity contribution < 1.29 is 0 Å². The van der Waals surface area contributed by atoms with Crippen LogP contribution in [0.3, 0.4) is 0 Å². The van der Waals surface area contributed by atoms with E-state index in [1.54, 1.807) is 0 Å². The number of hydrogen-bond acceptors (Lipinski definition) is 1. The lowest BCUT2D eigenvalue weighted by Crippen LogP contribution is -2.07. The molecule has 0 aliphatic carbocycles. The van der Waals surface area contributed by atoms with Crippen LogP contribution in [0.4, 0.5) is 0 Å². The molecule has 2 unspecified atom stereocenters. The summed E-state index contributed by atoms with van der Waals surface area (Å²) in [7, 11) is 0. The molecular formula is C10H9N. The van der Waals surface area contributed by atoms with Gasteiger partial charge in [0.1, 0.15) is 0 Å². The Kier molecular flexibility index (Phi) is 0.880. The Bertz CT molecular complexity index is 296. The van der Waals surface area contributed by atoms with Gasteiger partial charge in [0, 0.05) is 0 Å². The van der Waals surface area contributed by atoms with Crippen LogP contribution in [0.1, 0.15) is 23.2 Å². The molecule has 1 aromatic rings. The smallest absolute Gasteiger partial charge is 0.0517 e. The van der Waals surface area contributed by atoms with Crippen LogP contribution in [0, 0.1) is 0 Å². The number of benzene rings is 1. The first kappa shape index (κ1) is 5.56. The number of nitrogens with one attached hydrogen (secondary N) is 1. The predicted octanol–water partition coefficient (Wildman–Crippen LogP) is 1.94. The molecule has 0 saturated carbocycles. The number of hydrogen-bond donors (Lipinski definition) is 1. The maximum absolute atomic E-state index is 3.48.